The molecule has 0 fully saturated rings. The van der Waals surface area contributed by atoms with Gasteiger partial charge < -0.3 is 9.47 Å². The molecule has 2 N–H and O–H groups in total. The first kappa shape index (κ1) is 27.8. The third-order valence-corrected chi connectivity index (χ3v) is 7.52. The molecule has 3 aromatic rings. The Morgan fingerprint density at radius 2 is 1.89 bits per heavy atom. The molecule has 0 amide bonds. The van der Waals surface area contributed by atoms with E-state index >= 15 is 0 Å². The molecule has 1 aromatic heterocycles. The molecule has 0 saturated heterocycles. The van der Waals surface area contributed by atoms with E-state index in [9.17, 15) is 18.0 Å². The van der Waals surface area contributed by atoms with Gasteiger partial charge >= 0.3 is 5.97 Å². The summed E-state index contributed by atoms with van der Waals surface area (Å²) in [6.07, 6.45) is 1.45. The molecule has 0 bridgehead atoms. The molecule has 0 saturated carbocycles. The lowest BCUT2D eigenvalue weighted by Crippen LogP contribution is -2.30. The predicted octanol–water partition coefficient (Wildman–Crippen LogP) is 3.44. The molecule has 2 aromatic carbocycles. The van der Waals surface area contributed by atoms with Crippen LogP contribution in [0.2, 0.25) is 5.02 Å². The standard InChI is InChI=1S/C24H26ClN5O6S/c1-5-30(6-2)37(33,34)17-8-9-19(25)18(13-17)23(32)36-20-10-7-16(12-21(20)35-4)14-26-29-24-27-15(3)11-22(31)28-24/h7-14H,5-6H2,1-4H3,(H2,27,28,29,31)/b26-14-. The van der Waals surface area contributed by atoms with Gasteiger partial charge in [0.15, 0.2) is 11.5 Å². The average Bonchev–Trinajstić information content (AvgIpc) is 2.85. The number of aromatic amines is 1. The number of anilines is 1. The minimum absolute atomic E-state index is 0.0418. The van der Waals surface area contributed by atoms with Crippen molar-refractivity contribution < 1.29 is 22.7 Å². The molecule has 1 heterocycles. The molecular weight excluding hydrogens is 522 g/mol. The van der Waals surface area contributed by atoms with Gasteiger partial charge in [-0.2, -0.15) is 9.41 Å². The van der Waals surface area contributed by atoms with Crippen molar-refractivity contribution in [2.45, 2.75) is 25.7 Å². The zero-order valence-corrected chi connectivity index (χ0v) is 22.2. The van der Waals surface area contributed by atoms with Crippen LogP contribution >= 0.6 is 11.6 Å². The van der Waals surface area contributed by atoms with Gasteiger partial charge in [0.2, 0.25) is 16.0 Å². The maximum atomic E-state index is 12.9. The van der Waals surface area contributed by atoms with Crippen LogP contribution in [-0.2, 0) is 10.0 Å². The number of aryl methyl sites for hydroxylation is 1. The van der Waals surface area contributed by atoms with Gasteiger partial charge in [0.05, 0.1) is 28.8 Å². The largest absolute Gasteiger partial charge is 0.493 e. The SMILES string of the molecule is CCN(CC)S(=O)(=O)c1ccc(Cl)c(C(=O)Oc2ccc(/C=N\Nc3nc(C)cc(=O)[nH]3)cc2OC)c1. The van der Waals surface area contributed by atoms with Gasteiger partial charge in [-0.3, -0.25) is 9.78 Å². The Morgan fingerprint density at radius 1 is 1.16 bits per heavy atom. The van der Waals surface area contributed by atoms with Crippen molar-refractivity contribution >= 4 is 39.8 Å². The van der Waals surface area contributed by atoms with Crippen LogP contribution in [0.15, 0.2) is 57.3 Å². The van der Waals surface area contributed by atoms with Crippen molar-refractivity contribution in [1.82, 2.24) is 14.3 Å². The van der Waals surface area contributed by atoms with Crippen molar-refractivity contribution in [2.24, 2.45) is 5.10 Å². The quantitative estimate of drug-likeness (QED) is 0.170. The summed E-state index contributed by atoms with van der Waals surface area (Å²) < 4.78 is 37.8. The van der Waals surface area contributed by atoms with Crippen molar-refractivity contribution in [3.05, 3.63) is 74.7 Å². The van der Waals surface area contributed by atoms with Crippen molar-refractivity contribution in [2.75, 3.05) is 25.6 Å². The van der Waals surface area contributed by atoms with Gasteiger partial charge in [0, 0.05) is 24.8 Å². The molecule has 196 valence electrons. The summed E-state index contributed by atoms with van der Waals surface area (Å²) in [5.41, 5.74) is 3.33. The zero-order chi connectivity index (χ0) is 27.2. The lowest BCUT2D eigenvalue weighted by Gasteiger charge is -2.19. The van der Waals surface area contributed by atoms with Crippen LogP contribution in [0.5, 0.6) is 11.5 Å². The fourth-order valence-corrected chi connectivity index (χ4v) is 5.02. The molecule has 0 aliphatic carbocycles. The molecule has 0 atom stereocenters. The fourth-order valence-electron chi connectivity index (χ4n) is 3.34. The van der Waals surface area contributed by atoms with Gasteiger partial charge in [-0.25, -0.2) is 23.6 Å². The van der Waals surface area contributed by atoms with Crippen molar-refractivity contribution in [3.63, 3.8) is 0 Å². The number of aromatic nitrogens is 2. The number of nitrogens with one attached hydrogen (secondary N) is 2. The van der Waals surface area contributed by atoms with Crippen molar-refractivity contribution in [3.8, 4) is 11.5 Å². The Kier molecular flexibility index (Phi) is 9.03. The summed E-state index contributed by atoms with van der Waals surface area (Å²) >= 11 is 6.19. The van der Waals surface area contributed by atoms with Gasteiger partial charge in [-0.1, -0.05) is 25.4 Å². The maximum absolute atomic E-state index is 12.9. The molecule has 0 spiro atoms. The lowest BCUT2D eigenvalue weighted by molar-refractivity contribution is 0.0729. The van der Waals surface area contributed by atoms with E-state index < -0.39 is 16.0 Å². The summed E-state index contributed by atoms with van der Waals surface area (Å²) in [5, 5.41) is 4.07. The number of halogens is 1. The number of ether oxygens (including phenoxy) is 2. The number of H-pyrrole nitrogens is 1. The normalized spacial score (nSPS) is 11.6. The summed E-state index contributed by atoms with van der Waals surface area (Å²) in [6, 6.07) is 9.92. The van der Waals surface area contributed by atoms with Gasteiger partial charge in [0.25, 0.3) is 5.56 Å². The van der Waals surface area contributed by atoms with Crippen LogP contribution < -0.4 is 20.5 Å². The Morgan fingerprint density at radius 3 is 2.54 bits per heavy atom. The first-order valence-electron chi connectivity index (χ1n) is 11.2. The molecule has 0 unspecified atom stereocenters. The van der Waals surface area contributed by atoms with Crippen LogP contribution in [0.1, 0.15) is 35.5 Å². The van der Waals surface area contributed by atoms with Gasteiger partial charge in [0.1, 0.15) is 0 Å². The summed E-state index contributed by atoms with van der Waals surface area (Å²) in [5.74, 6) is -0.351. The number of benzene rings is 2. The number of esters is 1. The second kappa shape index (κ2) is 12.0. The Labute approximate surface area is 219 Å². The van der Waals surface area contributed by atoms with E-state index in [0.29, 0.717) is 11.3 Å². The second-order valence-electron chi connectivity index (χ2n) is 7.64. The van der Waals surface area contributed by atoms with Crippen LogP contribution in [-0.4, -0.2) is 55.1 Å². The number of hydrogen-bond acceptors (Lipinski definition) is 9. The number of nitrogens with zero attached hydrogens (tertiary/aromatic N) is 3. The third kappa shape index (κ3) is 6.73. The minimum atomic E-state index is -3.80. The smallest absolute Gasteiger partial charge is 0.345 e. The van der Waals surface area contributed by atoms with E-state index in [2.05, 4.69) is 20.5 Å². The molecule has 13 heteroatoms. The number of carbonyl (C=O) groups is 1. The zero-order valence-electron chi connectivity index (χ0n) is 20.6. The summed E-state index contributed by atoms with van der Waals surface area (Å²) in [4.78, 5) is 31.0. The molecule has 37 heavy (non-hydrogen) atoms. The minimum Gasteiger partial charge on any atom is -0.493 e. The highest BCUT2D eigenvalue weighted by Gasteiger charge is 2.25. The molecule has 0 aliphatic rings. The number of carbonyl (C=O) groups excluding carboxylic acids is 1. The average molecular weight is 548 g/mol. The van der Waals surface area contributed by atoms with Crippen LogP contribution in [0.3, 0.4) is 0 Å². The number of hydrazone groups is 1. The summed E-state index contributed by atoms with van der Waals surface area (Å²) in [6.45, 7) is 5.70. The van der Waals surface area contributed by atoms with E-state index in [1.807, 2.05) is 0 Å². The molecule has 3 rings (SSSR count). The highest BCUT2D eigenvalue weighted by Crippen LogP contribution is 2.30. The topological polar surface area (TPSA) is 143 Å². The Hall–Kier alpha value is -3.74. The predicted molar refractivity (Wildman–Crippen MR) is 140 cm³/mol. The second-order valence-corrected chi connectivity index (χ2v) is 9.98. The summed E-state index contributed by atoms with van der Waals surface area (Å²) in [7, 11) is -2.40. The van der Waals surface area contributed by atoms with Crippen molar-refractivity contribution in [1.29, 1.82) is 0 Å². The van der Waals surface area contributed by atoms with E-state index in [1.165, 1.54) is 48.0 Å². The van der Waals surface area contributed by atoms with Crippen LogP contribution in [0, 0.1) is 6.92 Å². The van der Waals surface area contributed by atoms with E-state index in [4.69, 9.17) is 21.1 Å². The lowest BCUT2D eigenvalue weighted by atomic mass is 10.2. The molecule has 0 radical (unpaired) electrons. The third-order valence-electron chi connectivity index (χ3n) is 5.15. The van der Waals surface area contributed by atoms with E-state index in [1.54, 1.807) is 32.9 Å². The highest BCUT2D eigenvalue weighted by molar-refractivity contribution is 7.89. The van der Waals surface area contributed by atoms with E-state index in [-0.39, 0.29) is 51.6 Å². The first-order chi connectivity index (χ1) is 17.6. The molecular formula is C24H26ClN5O6S. The Bertz CT molecular complexity index is 1490. The Balaban J connectivity index is 1.81. The van der Waals surface area contributed by atoms with E-state index in [0.717, 1.165) is 0 Å². The molecule has 11 nitrogen and oxygen atoms in total. The number of methoxy groups -OCH3 is 1. The van der Waals surface area contributed by atoms with Crippen LogP contribution in [0.25, 0.3) is 0 Å². The highest BCUT2D eigenvalue weighted by atomic mass is 35.5. The number of sulfonamides is 1. The monoisotopic (exact) mass is 547 g/mol. The van der Waals surface area contributed by atoms with Crippen LogP contribution in [0.4, 0.5) is 5.95 Å². The number of rotatable bonds is 10. The first-order valence-corrected chi connectivity index (χ1v) is 13.0. The number of hydrogen-bond donors (Lipinski definition) is 2. The van der Waals surface area contributed by atoms with Gasteiger partial charge in [-0.05, 0) is 48.9 Å². The van der Waals surface area contributed by atoms with Gasteiger partial charge in [-0.15, -0.1) is 0 Å². The fraction of sp³-hybridized carbons (Fsp3) is 0.250. The maximum Gasteiger partial charge on any atom is 0.345 e. The molecule has 0 aliphatic heterocycles.